The molecular formula is C31H37F3O. The van der Waals surface area contributed by atoms with Crippen molar-refractivity contribution in [3.63, 3.8) is 0 Å². The average Bonchev–Trinajstić information content (AvgIpc) is 2.87. The van der Waals surface area contributed by atoms with Crippen molar-refractivity contribution < 1.29 is 17.9 Å². The van der Waals surface area contributed by atoms with Crippen molar-refractivity contribution in [2.24, 2.45) is 11.8 Å². The lowest BCUT2D eigenvalue weighted by Gasteiger charge is -2.28. The first-order valence-electron chi connectivity index (χ1n) is 13.2. The van der Waals surface area contributed by atoms with E-state index in [9.17, 15) is 13.2 Å². The van der Waals surface area contributed by atoms with Gasteiger partial charge >= 0.3 is 0 Å². The minimum absolute atomic E-state index is 0.0994. The number of hydrogen-bond acceptors (Lipinski definition) is 1. The fourth-order valence-corrected chi connectivity index (χ4v) is 5.88. The molecule has 0 N–H and O–H groups in total. The third kappa shape index (κ3) is 6.20. The van der Waals surface area contributed by atoms with Crippen LogP contribution in [0.1, 0.15) is 93.7 Å². The first kappa shape index (κ1) is 25.6. The van der Waals surface area contributed by atoms with E-state index in [2.05, 4.69) is 12.2 Å². The van der Waals surface area contributed by atoms with Crippen LogP contribution in [0.5, 0.6) is 5.75 Å². The number of halogens is 3. The maximum Gasteiger partial charge on any atom is 0.166 e. The van der Waals surface area contributed by atoms with Gasteiger partial charge in [0.15, 0.2) is 11.6 Å². The van der Waals surface area contributed by atoms with Gasteiger partial charge in [-0.25, -0.2) is 13.2 Å². The third-order valence-electron chi connectivity index (χ3n) is 7.86. The molecule has 0 unspecified atom stereocenters. The lowest BCUT2D eigenvalue weighted by atomic mass is 9.78. The van der Waals surface area contributed by atoms with Crippen molar-refractivity contribution >= 4 is 6.08 Å². The van der Waals surface area contributed by atoms with Crippen LogP contribution in [0, 0.1) is 29.3 Å². The molecule has 0 radical (unpaired) electrons. The molecular weight excluding hydrogens is 445 g/mol. The van der Waals surface area contributed by atoms with Crippen LogP contribution in [0.3, 0.4) is 0 Å². The summed E-state index contributed by atoms with van der Waals surface area (Å²) in [4.78, 5) is 0. The maximum atomic E-state index is 14.9. The maximum absolute atomic E-state index is 14.9. The molecule has 188 valence electrons. The van der Waals surface area contributed by atoms with Crippen LogP contribution >= 0.6 is 0 Å². The van der Waals surface area contributed by atoms with Crippen LogP contribution in [-0.4, -0.2) is 6.61 Å². The first-order valence-corrected chi connectivity index (χ1v) is 13.2. The zero-order valence-electron chi connectivity index (χ0n) is 20.9. The molecule has 0 saturated heterocycles. The Morgan fingerprint density at radius 1 is 0.771 bits per heavy atom. The van der Waals surface area contributed by atoms with E-state index in [4.69, 9.17) is 4.74 Å². The number of allylic oxidation sites excluding steroid dienone is 3. The van der Waals surface area contributed by atoms with E-state index < -0.39 is 11.6 Å². The second-order valence-electron chi connectivity index (χ2n) is 10.1. The van der Waals surface area contributed by atoms with Crippen LogP contribution in [-0.2, 0) is 0 Å². The highest BCUT2D eigenvalue weighted by Crippen LogP contribution is 2.40. The minimum atomic E-state index is -0.737. The summed E-state index contributed by atoms with van der Waals surface area (Å²) in [5.74, 6) is 0.0769. The molecule has 4 rings (SSSR count). The van der Waals surface area contributed by atoms with E-state index in [0.717, 1.165) is 56.9 Å². The van der Waals surface area contributed by atoms with E-state index in [-0.39, 0.29) is 17.7 Å². The first-order chi connectivity index (χ1) is 17.0. The summed E-state index contributed by atoms with van der Waals surface area (Å²) < 4.78 is 49.8. The monoisotopic (exact) mass is 482 g/mol. The average molecular weight is 483 g/mol. The zero-order chi connectivity index (χ0) is 24.8. The van der Waals surface area contributed by atoms with E-state index in [0.29, 0.717) is 35.3 Å². The Morgan fingerprint density at radius 2 is 1.37 bits per heavy atom. The van der Waals surface area contributed by atoms with Crippen LogP contribution in [0.4, 0.5) is 13.2 Å². The normalized spacial score (nSPS) is 25.4. The summed E-state index contributed by atoms with van der Waals surface area (Å²) in [5, 5.41) is 0. The number of hydrogen-bond donors (Lipinski definition) is 0. The summed E-state index contributed by atoms with van der Waals surface area (Å²) >= 11 is 0. The van der Waals surface area contributed by atoms with Gasteiger partial charge in [-0.15, -0.1) is 0 Å². The Bertz CT molecular complexity index is 1040. The second kappa shape index (κ2) is 12.0. The molecule has 0 atom stereocenters. The molecule has 2 aromatic rings. The van der Waals surface area contributed by atoms with Gasteiger partial charge in [0.25, 0.3) is 0 Å². The van der Waals surface area contributed by atoms with Crippen molar-refractivity contribution in [1.82, 2.24) is 0 Å². The van der Waals surface area contributed by atoms with Crippen molar-refractivity contribution in [2.45, 2.75) is 77.0 Å². The number of ether oxygens (including phenoxy) is 1. The van der Waals surface area contributed by atoms with Crippen LogP contribution in [0.25, 0.3) is 6.08 Å². The summed E-state index contributed by atoms with van der Waals surface area (Å²) in [6.45, 7) is 4.43. The smallest absolute Gasteiger partial charge is 0.166 e. The Labute approximate surface area is 208 Å². The lowest BCUT2D eigenvalue weighted by Crippen LogP contribution is -2.14. The molecule has 0 spiro atoms. The number of rotatable bonds is 7. The molecule has 0 aliphatic heterocycles. The molecule has 35 heavy (non-hydrogen) atoms. The van der Waals surface area contributed by atoms with Crippen molar-refractivity contribution in [1.29, 1.82) is 0 Å². The van der Waals surface area contributed by atoms with Crippen molar-refractivity contribution in [3.8, 4) is 5.75 Å². The van der Waals surface area contributed by atoms with Crippen molar-refractivity contribution in [2.75, 3.05) is 6.61 Å². The van der Waals surface area contributed by atoms with E-state index in [1.807, 2.05) is 32.1 Å². The van der Waals surface area contributed by atoms with Gasteiger partial charge in [0, 0.05) is 11.6 Å². The minimum Gasteiger partial charge on any atom is -0.494 e. The SMILES string of the molecule is C/C=C/C1CCC(c2ccc(/C=C/C3CCC(c4ccc(OCC)cc4F)CC3)c(F)c2F)CC1. The molecule has 2 aliphatic carbocycles. The lowest BCUT2D eigenvalue weighted by molar-refractivity contribution is 0.336. The molecule has 0 heterocycles. The van der Waals surface area contributed by atoms with Crippen LogP contribution in [0.15, 0.2) is 48.6 Å². The van der Waals surface area contributed by atoms with Crippen LogP contribution < -0.4 is 4.74 Å². The van der Waals surface area contributed by atoms with Gasteiger partial charge in [0.05, 0.1) is 6.61 Å². The fourth-order valence-electron chi connectivity index (χ4n) is 5.88. The standard InChI is InChI=1S/C31H37F3O/c1-3-5-21-6-13-24(14-7-21)28-18-16-25(30(33)31(28)34)15-10-22-8-11-23(12-9-22)27-19-17-26(35-4-2)20-29(27)32/h3,5,10,15-24H,4,6-9,11-14H2,1-2H3/b5-3+,15-10+. The predicted molar refractivity (Wildman–Crippen MR) is 137 cm³/mol. The van der Waals surface area contributed by atoms with Gasteiger partial charge < -0.3 is 4.74 Å². The Morgan fingerprint density at radius 3 is 1.97 bits per heavy atom. The molecule has 2 saturated carbocycles. The van der Waals surface area contributed by atoms with Gasteiger partial charge in [-0.2, -0.15) is 0 Å². The van der Waals surface area contributed by atoms with Gasteiger partial charge in [-0.3, -0.25) is 0 Å². The molecule has 1 nitrogen and oxygen atoms in total. The summed E-state index contributed by atoms with van der Waals surface area (Å²) in [6.07, 6.45) is 15.5. The Hall–Kier alpha value is -2.49. The van der Waals surface area contributed by atoms with E-state index in [1.54, 1.807) is 18.2 Å². The summed E-state index contributed by atoms with van der Waals surface area (Å²) in [6, 6.07) is 8.66. The van der Waals surface area contributed by atoms with Crippen LogP contribution in [0.2, 0.25) is 0 Å². The third-order valence-corrected chi connectivity index (χ3v) is 7.86. The molecule has 2 aromatic carbocycles. The van der Waals surface area contributed by atoms with E-state index >= 15 is 0 Å². The van der Waals surface area contributed by atoms with Crippen molar-refractivity contribution in [3.05, 3.63) is 82.7 Å². The quantitative estimate of drug-likeness (QED) is 0.357. The van der Waals surface area contributed by atoms with Gasteiger partial charge in [0.2, 0.25) is 0 Å². The Kier molecular flexibility index (Phi) is 8.75. The highest BCUT2D eigenvalue weighted by molar-refractivity contribution is 5.52. The molecule has 0 bridgehead atoms. The van der Waals surface area contributed by atoms with Gasteiger partial charge in [-0.1, -0.05) is 42.5 Å². The topological polar surface area (TPSA) is 9.23 Å². The molecule has 2 aliphatic rings. The van der Waals surface area contributed by atoms with E-state index in [1.165, 1.54) is 6.07 Å². The largest absolute Gasteiger partial charge is 0.494 e. The molecule has 2 fully saturated rings. The molecule has 0 aromatic heterocycles. The summed E-state index contributed by atoms with van der Waals surface area (Å²) in [7, 11) is 0. The van der Waals surface area contributed by atoms with Gasteiger partial charge in [0.1, 0.15) is 11.6 Å². The zero-order valence-corrected chi connectivity index (χ0v) is 20.9. The number of benzene rings is 2. The fraction of sp³-hybridized carbons (Fsp3) is 0.484. The highest BCUT2D eigenvalue weighted by Gasteiger charge is 2.26. The highest BCUT2D eigenvalue weighted by atomic mass is 19.2. The Balaban J connectivity index is 1.35. The summed E-state index contributed by atoms with van der Waals surface area (Å²) in [5.41, 5.74) is 1.59. The second-order valence-corrected chi connectivity index (χ2v) is 10.1. The molecule has 4 heteroatoms. The molecule has 0 amide bonds. The predicted octanol–water partition coefficient (Wildman–Crippen LogP) is 9.34. The van der Waals surface area contributed by atoms with Gasteiger partial charge in [-0.05, 0) is 106 Å².